The average molecular weight is 179 g/mol. The maximum Gasteiger partial charge on any atom is 0.325 e. The largest absolute Gasteiger partial charge is 0.480 e. The molecule has 3 heteroatoms. The number of nitriles is 1. The molecule has 1 unspecified atom stereocenters. The van der Waals surface area contributed by atoms with Crippen LogP contribution in [-0.4, -0.2) is 11.1 Å². The summed E-state index contributed by atoms with van der Waals surface area (Å²) in [5.41, 5.74) is 0.799. The highest BCUT2D eigenvalue weighted by Gasteiger charge is 2.21. The Hall–Kier alpha value is -1.30. The SMILES string of the molecule is N#CC(C(=O)O)C1=CCCCCC1. The number of nitrogens with zero attached hydrogens (tertiary/aromatic N) is 1. The second-order valence-corrected chi connectivity index (χ2v) is 3.28. The van der Waals surface area contributed by atoms with Crippen LogP contribution in [0.4, 0.5) is 0 Å². The fourth-order valence-corrected chi connectivity index (χ4v) is 1.60. The van der Waals surface area contributed by atoms with Crippen LogP contribution in [0, 0.1) is 17.2 Å². The van der Waals surface area contributed by atoms with E-state index in [0.717, 1.165) is 37.7 Å². The molecule has 13 heavy (non-hydrogen) atoms. The van der Waals surface area contributed by atoms with E-state index in [2.05, 4.69) is 0 Å². The van der Waals surface area contributed by atoms with Crippen LogP contribution in [0.15, 0.2) is 11.6 Å². The minimum atomic E-state index is -1.02. The van der Waals surface area contributed by atoms with E-state index in [9.17, 15) is 4.79 Å². The van der Waals surface area contributed by atoms with Crippen LogP contribution >= 0.6 is 0 Å². The zero-order valence-electron chi connectivity index (χ0n) is 7.49. The lowest BCUT2D eigenvalue weighted by atomic mass is 9.96. The summed E-state index contributed by atoms with van der Waals surface area (Å²) in [7, 11) is 0. The fourth-order valence-electron chi connectivity index (χ4n) is 1.60. The molecule has 0 spiro atoms. The number of aliphatic carboxylic acids is 1. The van der Waals surface area contributed by atoms with E-state index in [1.165, 1.54) is 0 Å². The van der Waals surface area contributed by atoms with Gasteiger partial charge in [0.1, 0.15) is 0 Å². The van der Waals surface area contributed by atoms with Gasteiger partial charge in [0.15, 0.2) is 5.92 Å². The Morgan fingerprint density at radius 1 is 1.54 bits per heavy atom. The number of carbonyl (C=O) groups is 1. The van der Waals surface area contributed by atoms with Gasteiger partial charge in [0, 0.05) is 0 Å². The molecule has 1 N–H and O–H groups in total. The molecule has 0 aliphatic heterocycles. The molecular formula is C10H13NO2. The first kappa shape index (κ1) is 9.79. The third-order valence-electron chi connectivity index (χ3n) is 2.32. The Balaban J connectivity index is 2.72. The second-order valence-electron chi connectivity index (χ2n) is 3.28. The van der Waals surface area contributed by atoms with Gasteiger partial charge in [-0.05, 0) is 31.3 Å². The predicted octanol–water partition coefficient (Wildman–Crippen LogP) is 2.10. The molecule has 0 saturated carbocycles. The second kappa shape index (κ2) is 4.66. The van der Waals surface area contributed by atoms with Crippen molar-refractivity contribution in [3.8, 4) is 6.07 Å². The number of rotatable bonds is 2. The Bertz CT molecular complexity index is 263. The number of carboxylic acids is 1. The zero-order valence-corrected chi connectivity index (χ0v) is 7.49. The Labute approximate surface area is 77.7 Å². The quantitative estimate of drug-likeness (QED) is 0.660. The van der Waals surface area contributed by atoms with Crippen LogP contribution in [0.25, 0.3) is 0 Å². The monoisotopic (exact) mass is 179 g/mol. The number of carboxylic acid groups (broad SMARTS) is 1. The standard InChI is InChI=1S/C10H13NO2/c11-7-9(10(12)13)8-5-3-1-2-4-6-8/h5,9H,1-4,6H2,(H,12,13). The lowest BCUT2D eigenvalue weighted by molar-refractivity contribution is -0.138. The molecule has 0 heterocycles. The maximum atomic E-state index is 10.7. The van der Waals surface area contributed by atoms with Crippen LogP contribution < -0.4 is 0 Å². The molecular weight excluding hydrogens is 166 g/mol. The molecule has 0 fully saturated rings. The van der Waals surface area contributed by atoms with E-state index in [1.807, 2.05) is 12.1 Å². The van der Waals surface area contributed by atoms with Crippen molar-refractivity contribution in [3.63, 3.8) is 0 Å². The summed E-state index contributed by atoms with van der Waals surface area (Å²) in [5.74, 6) is -1.94. The summed E-state index contributed by atoms with van der Waals surface area (Å²) < 4.78 is 0. The van der Waals surface area contributed by atoms with Crippen molar-refractivity contribution in [3.05, 3.63) is 11.6 Å². The number of allylic oxidation sites excluding steroid dienone is 1. The predicted molar refractivity (Wildman–Crippen MR) is 47.9 cm³/mol. The molecule has 3 nitrogen and oxygen atoms in total. The van der Waals surface area contributed by atoms with Gasteiger partial charge >= 0.3 is 5.97 Å². The first-order chi connectivity index (χ1) is 6.25. The highest BCUT2D eigenvalue weighted by Crippen LogP contribution is 2.23. The third-order valence-corrected chi connectivity index (χ3v) is 2.32. The number of hydrogen-bond acceptors (Lipinski definition) is 2. The molecule has 1 atom stereocenters. The van der Waals surface area contributed by atoms with Gasteiger partial charge in [-0.1, -0.05) is 12.5 Å². The molecule has 1 rings (SSSR count). The summed E-state index contributed by atoms with van der Waals surface area (Å²) in [6, 6.07) is 1.83. The topological polar surface area (TPSA) is 61.1 Å². The van der Waals surface area contributed by atoms with Gasteiger partial charge in [-0.2, -0.15) is 5.26 Å². The zero-order chi connectivity index (χ0) is 9.68. The summed E-state index contributed by atoms with van der Waals surface area (Å²) in [6.07, 6.45) is 6.87. The smallest absolute Gasteiger partial charge is 0.325 e. The van der Waals surface area contributed by atoms with Crippen molar-refractivity contribution >= 4 is 5.97 Å². The molecule has 0 aromatic carbocycles. The van der Waals surface area contributed by atoms with E-state index in [0.29, 0.717) is 0 Å². The Kier molecular flexibility index (Phi) is 3.51. The van der Waals surface area contributed by atoms with Crippen LogP contribution in [0.3, 0.4) is 0 Å². The van der Waals surface area contributed by atoms with E-state index < -0.39 is 11.9 Å². The van der Waals surface area contributed by atoms with Crippen LogP contribution in [0.2, 0.25) is 0 Å². The van der Waals surface area contributed by atoms with Crippen molar-refractivity contribution in [2.24, 2.45) is 5.92 Å². The number of hydrogen-bond donors (Lipinski definition) is 1. The minimum absolute atomic E-state index is 0.768. The van der Waals surface area contributed by atoms with Crippen molar-refractivity contribution < 1.29 is 9.90 Å². The molecule has 0 aromatic rings. The van der Waals surface area contributed by atoms with Crippen LogP contribution in [-0.2, 0) is 4.79 Å². The molecule has 70 valence electrons. The summed E-state index contributed by atoms with van der Waals surface area (Å²) in [5, 5.41) is 17.4. The van der Waals surface area contributed by atoms with E-state index in [4.69, 9.17) is 10.4 Å². The maximum absolute atomic E-state index is 10.7. The van der Waals surface area contributed by atoms with Gasteiger partial charge < -0.3 is 5.11 Å². The molecule has 0 aromatic heterocycles. The molecule has 1 aliphatic carbocycles. The van der Waals surface area contributed by atoms with Gasteiger partial charge in [-0.3, -0.25) is 4.79 Å². The Morgan fingerprint density at radius 3 is 2.92 bits per heavy atom. The lowest BCUT2D eigenvalue weighted by Crippen LogP contribution is -2.13. The average Bonchev–Trinajstić information content (AvgIpc) is 2.33. The van der Waals surface area contributed by atoms with E-state index in [-0.39, 0.29) is 0 Å². The molecule has 0 radical (unpaired) electrons. The van der Waals surface area contributed by atoms with Gasteiger partial charge in [-0.15, -0.1) is 0 Å². The first-order valence-corrected chi connectivity index (χ1v) is 4.57. The summed E-state index contributed by atoms with van der Waals surface area (Å²) >= 11 is 0. The van der Waals surface area contributed by atoms with Crippen molar-refractivity contribution in [2.45, 2.75) is 32.1 Å². The molecule has 1 aliphatic rings. The molecule has 0 amide bonds. The summed E-state index contributed by atoms with van der Waals surface area (Å²) in [6.45, 7) is 0. The fraction of sp³-hybridized carbons (Fsp3) is 0.600. The first-order valence-electron chi connectivity index (χ1n) is 4.57. The Morgan fingerprint density at radius 2 is 2.31 bits per heavy atom. The van der Waals surface area contributed by atoms with E-state index in [1.54, 1.807) is 0 Å². The third kappa shape index (κ3) is 2.59. The summed E-state index contributed by atoms with van der Waals surface area (Å²) in [4.78, 5) is 10.7. The van der Waals surface area contributed by atoms with E-state index >= 15 is 0 Å². The van der Waals surface area contributed by atoms with Crippen molar-refractivity contribution in [1.29, 1.82) is 5.26 Å². The van der Waals surface area contributed by atoms with Gasteiger partial charge in [0.2, 0.25) is 0 Å². The van der Waals surface area contributed by atoms with Crippen LogP contribution in [0.5, 0.6) is 0 Å². The lowest BCUT2D eigenvalue weighted by Gasteiger charge is -2.06. The molecule has 0 bridgehead atoms. The van der Waals surface area contributed by atoms with Gasteiger partial charge in [0.25, 0.3) is 0 Å². The van der Waals surface area contributed by atoms with Crippen LogP contribution in [0.1, 0.15) is 32.1 Å². The molecule has 0 saturated heterocycles. The van der Waals surface area contributed by atoms with Gasteiger partial charge in [0.05, 0.1) is 6.07 Å². The normalized spacial score (nSPS) is 19.5. The highest BCUT2D eigenvalue weighted by molar-refractivity contribution is 5.76. The van der Waals surface area contributed by atoms with Crippen molar-refractivity contribution in [1.82, 2.24) is 0 Å². The minimum Gasteiger partial charge on any atom is -0.480 e. The van der Waals surface area contributed by atoms with Crippen molar-refractivity contribution in [2.75, 3.05) is 0 Å². The highest BCUT2D eigenvalue weighted by atomic mass is 16.4. The van der Waals surface area contributed by atoms with Gasteiger partial charge in [-0.25, -0.2) is 0 Å².